The number of alkyl halides is 1. The van der Waals surface area contributed by atoms with Crippen molar-refractivity contribution in [3.8, 4) is 0 Å². The standard InChI is InChI=1S/C6H7ClN2O/c1-9-4-8-3-5(9)6(10)2-7/h3-4H,2H2,1H3. The minimum absolute atomic E-state index is 0.0134. The van der Waals surface area contributed by atoms with Gasteiger partial charge in [0.05, 0.1) is 18.4 Å². The lowest BCUT2D eigenvalue weighted by Gasteiger charge is -1.94. The Bertz CT molecular complexity index is 244. The molecule has 0 spiro atoms. The Morgan fingerprint density at radius 1 is 1.90 bits per heavy atom. The van der Waals surface area contributed by atoms with E-state index >= 15 is 0 Å². The number of imidazole rings is 1. The van der Waals surface area contributed by atoms with Crippen molar-refractivity contribution >= 4 is 17.4 Å². The van der Waals surface area contributed by atoms with Crippen LogP contribution in [0.15, 0.2) is 12.5 Å². The second-order valence-corrected chi connectivity index (χ2v) is 2.21. The topological polar surface area (TPSA) is 34.9 Å². The predicted molar refractivity (Wildman–Crippen MR) is 38.3 cm³/mol. The first kappa shape index (κ1) is 7.28. The van der Waals surface area contributed by atoms with Crippen LogP contribution in [0.1, 0.15) is 10.5 Å². The van der Waals surface area contributed by atoms with E-state index in [0.29, 0.717) is 5.69 Å². The minimum Gasteiger partial charge on any atom is -0.331 e. The summed E-state index contributed by atoms with van der Waals surface area (Å²) in [5.41, 5.74) is 0.551. The molecule has 0 N–H and O–H groups in total. The molecule has 0 aromatic carbocycles. The van der Waals surface area contributed by atoms with Crippen molar-refractivity contribution in [3.05, 3.63) is 18.2 Å². The van der Waals surface area contributed by atoms with Crippen LogP contribution in [-0.2, 0) is 7.05 Å². The maximum atomic E-state index is 10.9. The molecule has 0 atom stereocenters. The summed E-state index contributed by atoms with van der Waals surface area (Å²) in [4.78, 5) is 14.7. The van der Waals surface area contributed by atoms with Crippen LogP contribution < -0.4 is 0 Å². The number of halogens is 1. The lowest BCUT2D eigenvalue weighted by atomic mass is 10.3. The van der Waals surface area contributed by atoms with E-state index in [1.807, 2.05) is 0 Å². The molecular weight excluding hydrogens is 152 g/mol. The molecule has 1 heterocycles. The molecule has 1 aromatic heterocycles. The number of aromatic nitrogens is 2. The van der Waals surface area contributed by atoms with Crippen LogP contribution in [-0.4, -0.2) is 21.2 Å². The summed E-state index contributed by atoms with van der Waals surface area (Å²) in [7, 11) is 1.76. The Morgan fingerprint density at radius 2 is 2.60 bits per heavy atom. The second-order valence-electron chi connectivity index (χ2n) is 1.95. The summed E-state index contributed by atoms with van der Waals surface area (Å²) in [5.74, 6) is -0.0823. The first-order valence-electron chi connectivity index (χ1n) is 2.81. The van der Waals surface area contributed by atoms with Gasteiger partial charge in [-0.15, -0.1) is 11.6 Å². The van der Waals surface area contributed by atoms with Crippen LogP contribution >= 0.6 is 11.6 Å². The highest BCUT2D eigenvalue weighted by atomic mass is 35.5. The van der Waals surface area contributed by atoms with Crippen molar-refractivity contribution in [2.75, 3.05) is 5.88 Å². The number of aryl methyl sites for hydroxylation is 1. The molecule has 0 bridgehead atoms. The lowest BCUT2D eigenvalue weighted by Crippen LogP contribution is -2.05. The fourth-order valence-electron chi connectivity index (χ4n) is 0.694. The molecular formula is C6H7ClN2O. The zero-order valence-corrected chi connectivity index (χ0v) is 6.30. The van der Waals surface area contributed by atoms with Gasteiger partial charge in [-0.2, -0.15) is 0 Å². The summed E-state index contributed by atoms with van der Waals surface area (Å²) in [6.07, 6.45) is 3.07. The molecule has 0 aliphatic rings. The number of hydrogen-bond donors (Lipinski definition) is 0. The van der Waals surface area contributed by atoms with Gasteiger partial charge in [0.15, 0.2) is 5.78 Å². The smallest absolute Gasteiger partial charge is 0.195 e. The van der Waals surface area contributed by atoms with E-state index in [4.69, 9.17) is 11.6 Å². The van der Waals surface area contributed by atoms with Crippen molar-refractivity contribution < 1.29 is 4.79 Å². The maximum Gasteiger partial charge on any atom is 0.195 e. The van der Waals surface area contributed by atoms with Crippen LogP contribution in [0.2, 0.25) is 0 Å². The zero-order valence-electron chi connectivity index (χ0n) is 5.54. The van der Waals surface area contributed by atoms with Crippen molar-refractivity contribution in [3.63, 3.8) is 0 Å². The molecule has 1 rings (SSSR count). The largest absolute Gasteiger partial charge is 0.331 e. The Kier molecular flexibility index (Phi) is 2.06. The quantitative estimate of drug-likeness (QED) is 0.472. The van der Waals surface area contributed by atoms with Gasteiger partial charge in [-0.05, 0) is 0 Å². The molecule has 0 amide bonds. The average molecular weight is 159 g/mol. The molecule has 4 heteroatoms. The molecule has 54 valence electrons. The summed E-state index contributed by atoms with van der Waals surface area (Å²) < 4.78 is 1.64. The first-order chi connectivity index (χ1) is 4.75. The number of hydrogen-bond acceptors (Lipinski definition) is 2. The fraction of sp³-hybridized carbons (Fsp3) is 0.333. The number of rotatable bonds is 2. The highest BCUT2D eigenvalue weighted by Crippen LogP contribution is 1.98. The lowest BCUT2D eigenvalue weighted by molar-refractivity contribution is 0.101. The second kappa shape index (κ2) is 2.84. The van der Waals surface area contributed by atoms with Gasteiger partial charge < -0.3 is 4.57 Å². The van der Waals surface area contributed by atoms with Crippen LogP contribution in [0.25, 0.3) is 0 Å². The molecule has 0 aliphatic carbocycles. The average Bonchev–Trinajstić information content (AvgIpc) is 2.34. The fourth-order valence-corrected chi connectivity index (χ4v) is 0.831. The monoisotopic (exact) mass is 158 g/mol. The van der Waals surface area contributed by atoms with Crippen molar-refractivity contribution in [2.45, 2.75) is 0 Å². The Hall–Kier alpha value is -0.830. The number of nitrogens with zero attached hydrogens (tertiary/aromatic N) is 2. The van der Waals surface area contributed by atoms with E-state index in [2.05, 4.69) is 4.98 Å². The van der Waals surface area contributed by atoms with Gasteiger partial charge in [0, 0.05) is 7.05 Å². The zero-order chi connectivity index (χ0) is 7.56. The Labute approximate surface area is 63.6 Å². The van der Waals surface area contributed by atoms with Gasteiger partial charge in [0.25, 0.3) is 0 Å². The highest BCUT2D eigenvalue weighted by molar-refractivity contribution is 6.30. The molecule has 1 aromatic rings. The molecule has 10 heavy (non-hydrogen) atoms. The van der Waals surface area contributed by atoms with E-state index in [1.54, 1.807) is 17.9 Å². The summed E-state index contributed by atoms with van der Waals surface area (Å²) >= 11 is 5.32. The number of Topliss-reactive ketones (excluding diaryl/α,β-unsaturated/α-hetero) is 1. The van der Waals surface area contributed by atoms with Gasteiger partial charge >= 0.3 is 0 Å². The van der Waals surface area contributed by atoms with Crippen LogP contribution in [0.4, 0.5) is 0 Å². The van der Waals surface area contributed by atoms with Gasteiger partial charge in [-0.1, -0.05) is 0 Å². The van der Waals surface area contributed by atoms with Gasteiger partial charge in [0.2, 0.25) is 0 Å². The SMILES string of the molecule is Cn1cncc1C(=O)CCl. The van der Waals surface area contributed by atoms with Crippen molar-refractivity contribution in [2.24, 2.45) is 7.05 Å². The maximum absolute atomic E-state index is 10.9. The van der Waals surface area contributed by atoms with E-state index in [-0.39, 0.29) is 11.7 Å². The third-order valence-corrected chi connectivity index (χ3v) is 1.47. The molecule has 0 saturated carbocycles. The number of ketones is 1. The van der Waals surface area contributed by atoms with E-state index in [0.717, 1.165) is 0 Å². The summed E-state index contributed by atoms with van der Waals surface area (Å²) in [6.45, 7) is 0. The van der Waals surface area contributed by atoms with Gasteiger partial charge in [-0.3, -0.25) is 4.79 Å². The van der Waals surface area contributed by atoms with Crippen molar-refractivity contribution in [1.29, 1.82) is 0 Å². The van der Waals surface area contributed by atoms with Crippen LogP contribution in [0.5, 0.6) is 0 Å². The Balaban J connectivity index is 2.93. The summed E-state index contributed by atoms with van der Waals surface area (Å²) in [6, 6.07) is 0. The number of carbonyl (C=O) groups excluding carboxylic acids is 1. The molecule has 0 fully saturated rings. The molecule has 3 nitrogen and oxygen atoms in total. The third-order valence-electron chi connectivity index (χ3n) is 1.22. The van der Waals surface area contributed by atoms with E-state index in [9.17, 15) is 4.79 Å². The van der Waals surface area contributed by atoms with Gasteiger partial charge in [0.1, 0.15) is 5.69 Å². The third kappa shape index (κ3) is 1.19. The van der Waals surface area contributed by atoms with Crippen LogP contribution in [0, 0.1) is 0 Å². The van der Waals surface area contributed by atoms with E-state index in [1.165, 1.54) is 6.20 Å². The molecule has 0 aliphatic heterocycles. The van der Waals surface area contributed by atoms with E-state index < -0.39 is 0 Å². The molecule has 0 radical (unpaired) electrons. The van der Waals surface area contributed by atoms with Crippen molar-refractivity contribution in [1.82, 2.24) is 9.55 Å². The Morgan fingerprint density at radius 3 is 3.00 bits per heavy atom. The minimum atomic E-state index is -0.0957. The molecule has 0 saturated heterocycles. The number of carbonyl (C=O) groups is 1. The first-order valence-corrected chi connectivity index (χ1v) is 3.34. The predicted octanol–water partition coefficient (Wildman–Crippen LogP) is 0.842. The van der Waals surface area contributed by atoms with Gasteiger partial charge in [-0.25, -0.2) is 4.98 Å². The highest BCUT2D eigenvalue weighted by Gasteiger charge is 2.06. The van der Waals surface area contributed by atoms with Crippen LogP contribution in [0.3, 0.4) is 0 Å². The normalized spacial score (nSPS) is 9.80. The summed E-state index contributed by atoms with van der Waals surface area (Å²) in [5, 5.41) is 0. The molecule has 0 unspecified atom stereocenters.